The predicted molar refractivity (Wildman–Crippen MR) is 77.7 cm³/mol. The van der Waals surface area contributed by atoms with E-state index in [1.54, 1.807) is 17.7 Å². The van der Waals surface area contributed by atoms with Crippen molar-refractivity contribution in [3.05, 3.63) is 33.0 Å². The third-order valence-electron chi connectivity index (χ3n) is 3.33. The molecule has 1 aromatic heterocycles. The van der Waals surface area contributed by atoms with E-state index in [0.29, 0.717) is 30.1 Å². The molecule has 100 valence electrons. The van der Waals surface area contributed by atoms with Crippen molar-refractivity contribution in [3.63, 3.8) is 0 Å². The number of rotatable bonds is 1. The molecule has 0 N–H and O–H groups in total. The van der Waals surface area contributed by atoms with E-state index in [-0.39, 0.29) is 5.56 Å². The van der Waals surface area contributed by atoms with Crippen molar-refractivity contribution in [2.75, 3.05) is 31.2 Å². The van der Waals surface area contributed by atoms with Crippen LogP contribution in [0.4, 0.5) is 5.95 Å². The van der Waals surface area contributed by atoms with E-state index in [1.165, 1.54) is 0 Å². The minimum Gasteiger partial charge on any atom is -0.378 e. The predicted octanol–water partition coefficient (Wildman–Crippen LogP) is 1.53. The lowest BCUT2D eigenvalue weighted by Gasteiger charge is -2.29. The fourth-order valence-electron chi connectivity index (χ4n) is 2.29. The van der Waals surface area contributed by atoms with Gasteiger partial charge in [0, 0.05) is 24.6 Å². The number of aromatic nitrogens is 2. The van der Waals surface area contributed by atoms with E-state index in [0.717, 1.165) is 17.6 Å². The zero-order valence-corrected chi connectivity index (χ0v) is 12.2. The van der Waals surface area contributed by atoms with Crippen molar-refractivity contribution in [2.24, 2.45) is 7.05 Å². The zero-order chi connectivity index (χ0) is 13.4. The lowest BCUT2D eigenvalue weighted by Crippen LogP contribution is -2.40. The van der Waals surface area contributed by atoms with Crippen molar-refractivity contribution in [3.8, 4) is 0 Å². The molecule has 0 atom stereocenters. The Hall–Kier alpha value is -1.40. The molecule has 0 spiro atoms. The number of anilines is 1. The second-order valence-electron chi connectivity index (χ2n) is 4.51. The van der Waals surface area contributed by atoms with Gasteiger partial charge in [-0.25, -0.2) is 4.98 Å². The maximum absolute atomic E-state index is 12.4. The summed E-state index contributed by atoms with van der Waals surface area (Å²) in [6.45, 7) is 2.86. The Morgan fingerprint density at radius 2 is 2.05 bits per heavy atom. The molecule has 0 radical (unpaired) electrons. The van der Waals surface area contributed by atoms with E-state index < -0.39 is 0 Å². The summed E-state index contributed by atoms with van der Waals surface area (Å²) >= 11 is 3.46. The van der Waals surface area contributed by atoms with Crippen LogP contribution in [0.15, 0.2) is 27.5 Å². The molecule has 1 saturated heterocycles. The van der Waals surface area contributed by atoms with Crippen LogP contribution in [0.2, 0.25) is 0 Å². The highest BCUT2D eigenvalue weighted by atomic mass is 79.9. The average Bonchev–Trinajstić information content (AvgIpc) is 2.44. The average molecular weight is 324 g/mol. The molecule has 0 aliphatic carbocycles. The third-order valence-corrected chi connectivity index (χ3v) is 3.97. The minimum atomic E-state index is -0.0206. The van der Waals surface area contributed by atoms with E-state index in [1.807, 2.05) is 12.1 Å². The van der Waals surface area contributed by atoms with Crippen molar-refractivity contribution in [1.29, 1.82) is 0 Å². The number of benzene rings is 1. The molecule has 0 unspecified atom stereocenters. The van der Waals surface area contributed by atoms with Gasteiger partial charge in [0.15, 0.2) is 0 Å². The molecule has 1 aliphatic rings. The van der Waals surface area contributed by atoms with Gasteiger partial charge < -0.3 is 9.64 Å². The molecular weight excluding hydrogens is 310 g/mol. The van der Waals surface area contributed by atoms with Gasteiger partial charge in [0.25, 0.3) is 5.56 Å². The SMILES string of the molecule is Cn1c(N2CCOCC2)nc2c(Br)cccc2c1=O. The van der Waals surface area contributed by atoms with Crippen LogP contribution in [0.1, 0.15) is 0 Å². The Morgan fingerprint density at radius 1 is 1.32 bits per heavy atom. The van der Waals surface area contributed by atoms with Crippen LogP contribution in [-0.4, -0.2) is 35.9 Å². The van der Waals surface area contributed by atoms with Crippen LogP contribution < -0.4 is 10.5 Å². The van der Waals surface area contributed by atoms with Crippen molar-refractivity contribution < 1.29 is 4.74 Å². The monoisotopic (exact) mass is 323 g/mol. The molecule has 0 saturated carbocycles. The Bertz CT molecular complexity index is 677. The summed E-state index contributed by atoms with van der Waals surface area (Å²) in [7, 11) is 1.76. The maximum atomic E-state index is 12.4. The Kier molecular flexibility index (Phi) is 3.28. The van der Waals surface area contributed by atoms with E-state index in [9.17, 15) is 4.79 Å². The summed E-state index contributed by atoms with van der Waals surface area (Å²) in [5.74, 6) is 0.702. The summed E-state index contributed by atoms with van der Waals surface area (Å²) < 4.78 is 7.79. The molecule has 0 amide bonds. The molecule has 19 heavy (non-hydrogen) atoms. The van der Waals surface area contributed by atoms with E-state index in [2.05, 4.69) is 25.8 Å². The largest absolute Gasteiger partial charge is 0.378 e. The number of morpholine rings is 1. The zero-order valence-electron chi connectivity index (χ0n) is 10.6. The molecule has 2 aromatic rings. The first kappa shape index (κ1) is 12.6. The van der Waals surface area contributed by atoms with Crippen molar-refractivity contribution in [2.45, 2.75) is 0 Å². The summed E-state index contributed by atoms with van der Waals surface area (Å²) in [4.78, 5) is 19.1. The second kappa shape index (κ2) is 4.94. The quantitative estimate of drug-likeness (QED) is 0.798. The number of fused-ring (bicyclic) bond motifs is 1. The van der Waals surface area contributed by atoms with Gasteiger partial charge in [-0.05, 0) is 28.1 Å². The maximum Gasteiger partial charge on any atom is 0.262 e. The summed E-state index contributed by atoms with van der Waals surface area (Å²) in [6, 6.07) is 5.56. The number of ether oxygens (including phenoxy) is 1. The van der Waals surface area contributed by atoms with Gasteiger partial charge in [-0.1, -0.05) is 6.07 Å². The first-order chi connectivity index (χ1) is 9.18. The normalized spacial score (nSPS) is 16.0. The second-order valence-corrected chi connectivity index (χ2v) is 5.37. The van der Waals surface area contributed by atoms with Crippen LogP contribution in [0.3, 0.4) is 0 Å². The van der Waals surface area contributed by atoms with E-state index >= 15 is 0 Å². The number of hydrogen-bond donors (Lipinski definition) is 0. The molecule has 1 aromatic carbocycles. The molecule has 3 rings (SSSR count). The van der Waals surface area contributed by atoms with Crippen molar-refractivity contribution >= 4 is 32.8 Å². The Labute approximate surface area is 118 Å². The van der Waals surface area contributed by atoms with Gasteiger partial charge in [-0.3, -0.25) is 9.36 Å². The highest BCUT2D eigenvalue weighted by Crippen LogP contribution is 2.22. The highest BCUT2D eigenvalue weighted by molar-refractivity contribution is 9.10. The molecule has 1 aliphatic heterocycles. The minimum absolute atomic E-state index is 0.0206. The van der Waals surface area contributed by atoms with Gasteiger partial charge >= 0.3 is 0 Å². The lowest BCUT2D eigenvalue weighted by molar-refractivity contribution is 0.121. The van der Waals surface area contributed by atoms with Gasteiger partial charge in [-0.15, -0.1) is 0 Å². The Morgan fingerprint density at radius 3 is 2.79 bits per heavy atom. The fourth-order valence-corrected chi connectivity index (χ4v) is 2.75. The number of para-hydroxylation sites is 1. The van der Waals surface area contributed by atoms with Gasteiger partial charge in [0.1, 0.15) is 0 Å². The van der Waals surface area contributed by atoms with Crippen LogP contribution in [0.5, 0.6) is 0 Å². The number of hydrogen-bond acceptors (Lipinski definition) is 4. The van der Waals surface area contributed by atoms with Crippen LogP contribution in [0.25, 0.3) is 10.9 Å². The fraction of sp³-hybridized carbons (Fsp3) is 0.385. The van der Waals surface area contributed by atoms with E-state index in [4.69, 9.17) is 4.74 Å². The number of halogens is 1. The van der Waals surface area contributed by atoms with Crippen LogP contribution in [0, 0.1) is 0 Å². The lowest BCUT2D eigenvalue weighted by atomic mass is 10.2. The third kappa shape index (κ3) is 2.15. The topological polar surface area (TPSA) is 47.4 Å². The molecule has 2 heterocycles. The molecule has 5 nitrogen and oxygen atoms in total. The molecule has 0 bridgehead atoms. The highest BCUT2D eigenvalue weighted by Gasteiger charge is 2.18. The molecule has 1 fully saturated rings. The van der Waals surface area contributed by atoms with Crippen molar-refractivity contribution in [1.82, 2.24) is 9.55 Å². The van der Waals surface area contributed by atoms with Crippen LogP contribution >= 0.6 is 15.9 Å². The summed E-state index contributed by atoms with van der Waals surface area (Å²) in [5.41, 5.74) is 0.694. The Balaban J connectivity index is 2.22. The van der Waals surface area contributed by atoms with Crippen LogP contribution in [-0.2, 0) is 11.8 Å². The smallest absolute Gasteiger partial charge is 0.262 e. The number of nitrogens with zero attached hydrogens (tertiary/aromatic N) is 3. The van der Waals surface area contributed by atoms with Gasteiger partial charge in [0.05, 0.1) is 24.1 Å². The summed E-state index contributed by atoms with van der Waals surface area (Å²) in [6.07, 6.45) is 0. The summed E-state index contributed by atoms with van der Waals surface area (Å²) in [5, 5.41) is 0.633. The van der Waals surface area contributed by atoms with Gasteiger partial charge in [-0.2, -0.15) is 0 Å². The van der Waals surface area contributed by atoms with Gasteiger partial charge in [0.2, 0.25) is 5.95 Å². The molecular formula is C13H14BrN3O2. The first-order valence-electron chi connectivity index (χ1n) is 6.16. The molecule has 6 heteroatoms. The first-order valence-corrected chi connectivity index (χ1v) is 6.96. The standard InChI is InChI=1S/C13H14BrN3O2/c1-16-12(18)9-3-2-4-10(14)11(9)15-13(16)17-5-7-19-8-6-17/h2-4H,5-8H2,1H3.